The fourth-order valence-corrected chi connectivity index (χ4v) is 5.82. The number of amides is 3. The van der Waals surface area contributed by atoms with Gasteiger partial charge in [-0.05, 0) is 79.6 Å². The zero-order valence-corrected chi connectivity index (χ0v) is 27.4. The number of nitrogens with zero attached hydrogens (tertiary/aromatic N) is 3. The van der Waals surface area contributed by atoms with Crippen molar-refractivity contribution in [2.45, 2.75) is 58.7 Å². The molecule has 2 aliphatic heterocycles. The second-order valence-electron chi connectivity index (χ2n) is 13.3. The number of piperidine rings is 1. The molecule has 1 saturated heterocycles. The van der Waals surface area contributed by atoms with Gasteiger partial charge in [-0.1, -0.05) is 62.7 Å². The first-order valence-electron chi connectivity index (χ1n) is 16.0. The lowest BCUT2D eigenvalue weighted by atomic mass is 9.89. The summed E-state index contributed by atoms with van der Waals surface area (Å²) < 4.78 is 37.3. The Morgan fingerprint density at radius 2 is 1.67 bits per heavy atom. The normalized spacial score (nSPS) is 15.9. The second kappa shape index (κ2) is 13.1. The Morgan fingerprint density at radius 1 is 0.958 bits per heavy atom. The molecule has 3 aromatic carbocycles. The highest BCUT2D eigenvalue weighted by atomic mass is 19.3. The molecule has 6 rings (SSSR count). The molecule has 9 nitrogen and oxygen atoms in total. The maximum atomic E-state index is 13.3. The van der Waals surface area contributed by atoms with Gasteiger partial charge in [-0.15, -0.1) is 8.78 Å². The van der Waals surface area contributed by atoms with E-state index >= 15 is 0 Å². The Morgan fingerprint density at radius 3 is 2.40 bits per heavy atom. The van der Waals surface area contributed by atoms with E-state index in [1.54, 1.807) is 21.7 Å². The van der Waals surface area contributed by atoms with E-state index in [9.17, 15) is 18.4 Å². The van der Waals surface area contributed by atoms with Crippen molar-refractivity contribution in [1.29, 1.82) is 0 Å². The van der Waals surface area contributed by atoms with E-state index in [0.29, 0.717) is 30.4 Å². The van der Waals surface area contributed by atoms with Gasteiger partial charge in [0.05, 0.1) is 11.4 Å². The molecule has 0 spiro atoms. The third-order valence-corrected chi connectivity index (χ3v) is 8.54. The number of carbonyl (C=O) groups is 2. The van der Waals surface area contributed by atoms with E-state index in [-0.39, 0.29) is 28.9 Å². The van der Waals surface area contributed by atoms with Crippen molar-refractivity contribution in [3.05, 3.63) is 101 Å². The number of carbonyl (C=O) groups excluding carboxylic acids is 2. The van der Waals surface area contributed by atoms with E-state index in [1.807, 2.05) is 61.5 Å². The monoisotopic (exact) mass is 655 g/mol. The standard InChI is InChI=1S/C37H39F2N5O4/c1-24-9-13-28(14-10-24)44-33(23-32(42-44)36(2,3)4)41-35(46)40-29-8-6-5-7-27(29)21-26-17-19-43(20-18-26)34(45)16-12-25-11-15-30-31(22-25)48-37(38,39)47-30/h5-16,22-23,26H,17-21H2,1-4H3,(H2,40,41,46). The number of fused-ring (bicyclic) bond motifs is 1. The Bertz CT molecular complexity index is 1840. The van der Waals surface area contributed by atoms with Crippen molar-refractivity contribution >= 4 is 29.5 Å². The molecule has 250 valence electrons. The summed E-state index contributed by atoms with van der Waals surface area (Å²) in [6.45, 7) is 9.47. The number of aryl methyl sites for hydroxylation is 1. The zero-order chi connectivity index (χ0) is 34.1. The summed E-state index contributed by atoms with van der Waals surface area (Å²) in [6.07, 6.45) is 1.72. The van der Waals surface area contributed by atoms with Crippen LogP contribution in [0.2, 0.25) is 0 Å². The third-order valence-electron chi connectivity index (χ3n) is 8.54. The molecular weight excluding hydrogens is 616 g/mol. The van der Waals surface area contributed by atoms with Gasteiger partial charge in [-0.3, -0.25) is 10.1 Å². The summed E-state index contributed by atoms with van der Waals surface area (Å²) in [7, 11) is 0. The van der Waals surface area contributed by atoms with Gasteiger partial charge < -0.3 is 19.7 Å². The number of halogens is 2. The summed E-state index contributed by atoms with van der Waals surface area (Å²) >= 11 is 0. The number of hydrogen-bond donors (Lipinski definition) is 2. The molecule has 3 heterocycles. The maximum Gasteiger partial charge on any atom is 0.586 e. The number of nitrogens with one attached hydrogen (secondary N) is 2. The van der Waals surface area contributed by atoms with Crippen LogP contribution in [0.3, 0.4) is 0 Å². The number of hydrogen-bond acceptors (Lipinski definition) is 5. The molecule has 1 fully saturated rings. The summed E-state index contributed by atoms with van der Waals surface area (Å²) in [5, 5.41) is 10.9. The number of urea groups is 1. The zero-order valence-electron chi connectivity index (χ0n) is 27.4. The first kappa shape index (κ1) is 32.7. The van der Waals surface area contributed by atoms with Crippen LogP contribution >= 0.6 is 0 Å². The molecule has 2 aliphatic rings. The lowest BCUT2D eigenvalue weighted by Gasteiger charge is -2.31. The minimum Gasteiger partial charge on any atom is -0.395 e. The Balaban J connectivity index is 1.05. The van der Waals surface area contributed by atoms with Crippen LogP contribution < -0.4 is 20.1 Å². The van der Waals surface area contributed by atoms with Crippen molar-refractivity contribution < 1.29 is 27.8 Å². The summed E-state index contributed by atoms with van der Waals surface area (Å²) in [4.78, 5) is 28.0. The predicted octanol–water partition coefficient (Wildman–Crippen LogP) is 7.94. The smallest absolute Gasteiger partial charge is 0.395 e. The molecule has 48 heavy (non-hydrogen) atoms. The lowest BCUT2D eigenvalue weighted by molar-refractivity contribution is -0.286. The number of ether oxygens (including phenoxy) is 2. The van der Waals surface area contributed by atoms with Crippen LogP contribution in [0.4, 0.5) is 25.1 Å². The van der Waals surface area contributed by atoms with Gasteiger partial charge in [0.1, 0.15) is 5.82 Å². The van der Waals surface area contributed by atoms with Crippen LogP contribution in [-0.2, 0) is 16.6 Å². The quantitative estimate of drug-likeness (QED) is 0.197. The minimum absolute atomic E-state index is 0.0387. The third kappa shape index (κ3) is 7.67. The van der Waals surface area contributed by atoms with Gasteiger partial charge in [0.15, 0.2) is 11.5 Å². The van der Waals surface area contributed by atoms with Crippen molar-refractivity contribution in [3.8, 4) is 17.2 Å². The number of aromatic nitrogens is 2. The largest absolute Gasteiger partial charge is 0.586 e. The number of para-hydroxylation sites is 1. The molecule has 11 heteroatoms. The topological polar surface area (TPSA) is 97.7 Å². The van der Waals surface area contributed by atoms with Crippen molar-refractivity contribution in [3.63, 3.8) is 0 Å². The fourth-order valence-electron chi connectivity index (χ4n) is 5.82. The van der Waals surface area contributed by atoms with Gasteiger partial charge in [0.25, 0.3) is 0 Å². The van der Waals surface area contributed by atoms with Gasteiger partial charge in [-0.2, -0.15) is 5.10 Å². The van der Waals surface area contributed by atoms with Crippen molar-refractivity contribution in [2.75, 3.05) is 23.7 Å². The van der Waals surface area contributed by atoms with Gasteiger partial charge >= 0.3 is 12.3 Å². The van der Waals surface area contributed by atoms with Gasteiger partial charge in [-0.25, -0.2) is 9.48 Å². The molecule has 0 bridgehead atoms. The summed E-state index contributed by atoms with van der Waals surface area (Å²) in [5.41, 5.74) is 4.95. The van der Waals surface area contributed by atoms with Crippen LogP contribution in [0.1, 0.15) is 56.0 Å². The highest BCUT2D eigenvalue weighted by molar-refractivity contribution is 6.00. The van der Waals surface area contributed by atoms with Crippen molar-refractivity contribution in [2.24, 2.45) is 5.92 Å². The molecule has 0 aliphatic carbocycles. The molecule has 3 amide bonds. The summed E-state index contributed by atoms with van der Waals surface area (Å²) in [5.74, 6) is 0.658. The van der Waals surface area contributed by atoms with Gasteiger partial charge in [0, 0.05) is 36.3 Å². The first-order valence-corrected chi connectivity index (χ1v) is 16.0. The van der Waals surface area contributed by atoms with E-state index in [1.165, 1.54) is 18.2 Å². The first-order chi connectivity index (χ1) is 22.8. The molecular formula is C37H39F2N5O4. The molecule has 0 atom stereocenters. The molecule has 0 saturated carbocycles. The molecule has 2 N–H and O–H groups in total. The lowest BCUT2D eigenvalue weighted by Crippen LogP contribution is -2.38. The second-order valence-corrected chi connectivity index (χ2v) is 13.3. The maximum absolute atomic E-state index is 13.3. The number of anilines is 2. The fraction of sp³-hybridized carbons (Fsp3) is 0.324. The highest BCUT2D eigenvalue weighted by Crippen LogP contribution is 2.41. The molecule has 4 aromatic rings. The SMILES string of the molecule is Cc1ccc(-n2nc(C(C)(C)C)cc2NC(=O)Nc2ccccc2CC2CCN(C(=O)C=Cc3ccc4c(c3)OC(F)(F)O4)CC2)cc1. The average molecular weight is 656 g/mol. The number of likely N-dealkylation sites (tertiary alicyclic amines) is 1. The van der Waals surface area contributed by atoms with Crippen LogP contribution in [0.25, 0.3) is 11.8 Å². The molecule has 0 unspecified atom stereocenters. The predicted molar refractivity (Wildman–Crippen MR) is 181 cm³/mol. The van der Waals surface area contributed by atoms with E-state index < -0.39 is 6.29 Å². The Labute approximate surface area is 278 Å². The molecule has 1 aromatic heterocycles. The summed E-state index contributed by atoms with van der Waals surface area (Å²) in [6, 6.07) is 21.7. The number of benzene rings is 3. The van der Waals surface area contributed by atoms with E-state index in [2.05, 4.69) is 40.9 Å². The van der Waals surface area contributed by atoms with Crippen LogP contribution in [0.15, 0.2) is 78.9 Å². The Kier molecular flexibility index (Phi) is 8.96. The van der Waals surface area contributed by atoms with Crippen molar-refractivity contribution in [1.82, 2.24) is 14.7 Å². The van der Waals surface area contributed by atoms with Gasteiger partial charge in [0.2, 0.25) is 5.91 Å². The number of alkyl halides is 2. The van der Waals surface area contributed by atoms with E-state index in [4.69, 9.17) is 5.10 Å². The van der Waals surface area contributed by atoms with E-state index in [0.717, 1.165) is 47.5 Å². The van der Waals surface area contributed by atoms with Crippen LogP contribution in [0.5, 0.6) is 11.5 Å². The van der Waals surface area contributed by atoms with Crippen LogP contribution in [-0.4, -0.2) is 46.0 Å². The Hall–Kier alpha value is -5.19. The highest BCUT2D eigenvalue weighted by Gasteiger charge is 2.43. The van der Waals surface area contributed by atoms with Crippen LogP contribution in [0, 0.1) is 12.8 Å². The minimum atomic E-state index is -3.68. The average Bonchev–Trinajstić information content (AvgIpc) is 3.60. The molecule has 0 radical (unpaired) electrons. The number of rotatable bonds is 7.